The average molecular weight is 321 g/mol. The van der Waals surface area contributed by atoms with Crippen LogP contribution >= 0.6 is 0 Å². The van der Waals surface area contributed by atoms with Crippen LogP contribution < -0.4 is 4.90 Å². The minimum Gasteiger partial charge on any atom is -0.295 e. The average Bonchev–Trinajstić information content (AvgIpc) is 3.17. The van der Waals surface area contributed by atoms with Crippen molar-refractivity contribution >= 4 is 23.3 Å². The van der Waals surface area contributed by atoms with Gasteiger partial charge in [0.05, 0.1) is 17.5 Å². The zero-order valence-corrected chi connectivity index (χ0v) is 13.9. The second-order valence-electron chi connectivity index (χ2n) is 7.06. The standard InChI is InChI=1S/C20H19NO3/c1-10(2)16-14-7-8-15(16)18-17(14)19(23)21(20(18)24)13-6-4-5-12(9-13)11(3)22/h4-9,14-15,17-18H,1-3H3/t14-,15-,17+,18+/m0/s1. The third-order valence-corrected chi connectivity index (χ3v) is 5.50. The second kappa shape index (κ2) is 5.00. The Balaban J connectivity index is 1.76. The maximum absolute atomic E-state index is 13.0. The first kappa shape index (κ1) is 15.1. The van der Waals surface area contributed by atoms with Crippen molar-refractivity contribution < 1.29 is 14.4 Å². The van der Waals surface area contributed by atoms with E-state index >= 15 is 0 Å². The third-order valence-electron chi connectivity index (χ3n) is 5.50. The van der Waals surface area contributed by atoms with E-state index in [0.29, 0.717) is 11.3 Å². The predicted octanol–water partition coefficient (Wildman–Crippen LogP) is 3.15. The fraction of sp³-hybridized carbons (Fsp3) is 0.350. The molecule has 2 aliphatic carbocycles. The molecular weight excluding hydrogens is 302 g/mol. The number of carbonyl (C=O) groups is 3. The summed E-state index contributed by atoms with van der Waals surface area (Å²) in [7, 11) is 0. The summed E-state index contributed by atoms with van der Waals surface area (Å²) < 4.78 is 0. The minimum atomic E-state index is -0.293. The molecule has 1 saturated carbocycles. The molecule has 3 aliphatic rings. The molecule has 2 bridgehead atoms. The van der Waals surface area contributed by atoms with Crippen molar-refractivity contribution in [2.45, 2.75) is 20.8 Å². The molecular formula is C20H19NO3. The quantitative estimate of drug-likeness (QED) is 0.478. The molecule has 122 valence electrons. The number of carbonyl (C=O) groups excluding carboxylic acids is 3. The third kappa shape index (κ3) is 1.83. The molecule has 1 heterocycles. The molecule has 4 heteroatoms. The summed E-state index contributed by atoms with van der Waals surface area (Å²) >= 11 is 0. The van der Waals surface area contributed by atoms with Crippen molar-refractivity contribution in [3.05, 3.63) is 53.1 Å². The van der Waals surface area contributed by atoms with E-state index < -0.39 is 0 Å². The number of anilines is 1. The number of hydrogen-bond donors (Lipinski definition) is 0. The highest BCUT2D eigenvalue weighted by molar-refractivity contribution is 6.23. The van der Waals surface area contributed by atoms with Gasteiger partial charge in [-0.15, -0.1) is 0 Å². The van der Waals surface area contributed by atoms with Gasteiger partial charge in [0.1, 0.15) is 0 Å². The van der Waals surface area contributed by atoms with Crippen molar-refractivity contribution in [1.29, 1.82) is 0 Å². The van der Waals surface area contributed by atoms with E-state index in [-0.39, 0.29) is 41.3 Å². The molecule has 0 radical (unpaired) electrons. The van der Waals surface area contributed by atoms with E-state index in [1.54, 1.807) is 24.3 Å². The maximum atomic E-state index is 13.0. The topological polar surface area (TPSA) is 54.5 Å². The van der Waals surface area contributed by atoms with Crippen LogP contribution in [0.25, 0.3) is 0 Å². The Bertz CT molecular complexity index is 810. The van der Waals surface area contributed by atoms with Crippen molar-refractivity contribution in [3.8, 4) is 0 Å². The first-order valence-corrected chi connectivity index (χ1v) is 8.26. The zero-order valence-electron chi connectivity index (χ0n) is 13.9. The smallest absolute Gasteiger partial charge is 0.238 e. The number of fused-ring (bicyclic) bond motifs is 5. The number of allylic oxidation sites excluding steroid dienone is 4. The van der Waals surface area contributed by atoms with Gasteiger partial charge in [0, 0.05) is 17.4 Å². The van der Waals surface area contributed by atoms with E-state index in [2.05, 4.69) is 12.2 Å². The Morgan fingerprint density at radius 3 is 2.04 bits per heavy atom. The Kier molecular flexibility index (Phi) is 3.14. The van der Waals surface area contributed by atoms with Gasteiger partial charge in [0.15, 0.2) is 5.78 Å². The normalized spacial score (nSPS) is 30.3. The monoisotopic (exact) mass is 321 g/mol. The summed E-state index contributed by atoms with van der Waals surface area (Å²) in [6.07, 6.45) is 4.16. The molecule has 4 rings (SSSR count). The lowest BCUT2D eigenvalue weighted by Crippen LogP contribution is -2.33. The van der Waals surface area contributed by atoms with Crippen LogP contribution in [0, 0.1) is 23.7 Å². The Hall–Kier alpha value is -2.49. The molecule has 2 amide bonds. The number of amides is 2. The lowest BCUT2D eigenvalue weighted by atomic mass is 9.85. The highest BCUT2D eigenvalue weighted by Crippen LogP contribution is 2.57. The van der Waals surface area contributed by atoms with Gasteiger partial charge >= 0.3 is 0 Å². The molecule has 1 saturated heterocycles. The number of nitrogens with zero attached hydrogens (tertiary/aromatic N) is 1. The molecule has 0 unspecified atom stereocenters. The summed E-state index contributed by atoms with van der Waals surface area (Å²) in [6.45, 7) is 5.57. The second-order valence-corrected chi connectivity index (χ2v) is 7.06. The summed E-state index contributed by atoms with van der Waals surface area (Å²) in [5.74, 6) is -0.853. The predicted molar refractivity (Wildman–Crippen MR) is 90.4 cm³/mol. The van der Waals surface area contributed by atoms with Crippen LogP contribution in [-0.4, -0.2) is 17.6 Å². The van der Waals surface area contributed by atoms with E-state index in [1.807, 2.05) is 13.8 Å². The van der Waals surface area contributed by atoms with Crippen LogP contribution in [0.2, 0.25) is 0 Å². The van der Waals surface area contributed by atoms with Gasteiger partial charge < -0.3 is 0 Å². The van der Waals surface area contributed by atoms with E-state index in [0.717, 1.165) is 0 Å². The molecule has 0 spiro atoms. The highest BCUT2D eigenvalue weighted by atomic mass is 16.2. The van der Waals surface area contributed by atoms with E-state index in [9.17, 15) is 14.4 Å². The first-order valence-electron chi connectivity index (χ1n) is 8.26. The fourth-order valence-corrected chi connectivity index (χ4v) is 4.55. The van der Waals surface area contributed by atoms with Gasteiger partial charge in [0.25, 0.3) is 0 Å². The number of ketones is 1. The molecule has 4 nitrogen and oxygen atoms in total. The Labute approximate surface area is 140 Å². The van der Waals surface area contributed by atoms with Gasteiger partial charge in [-0.1, -0.05) is 35.4 Å². The van der Waals surface area contributed by atoms with E-state index in [4.69, 9.17) is 0 Å². The lowest BCUT2D eigenvalue weighted by Gasteiger charge is -2.19. The zero-order chi connectivity index (χ0) is 17.2. The van der Waals surface area contributed by atoms with Crippen molar-refractivity contribution in [3.63, 3.8) is 0 Å². The SMILES string of the molecule is CC(=O)c1cccc(N2C(=O)[C@H]3[C@H](C2=O)[C@H]2C=C[C@H]3C2=C(C)C)c1. The molecule has 1 aromatic carbocycles. The minimum absolute atomic E-state index is 0.0439. The van der Waals surface area contributed by atoms with Crippen LogP contribution in [0.1, 0.15) is 31.1 Å². The first-order chi connectivity index (χ1) is 11.4. The molecule has 1 aromatic rings. The number of rotatable bonds is 2. The van der Waals surface area contributed by atoms with E-state index in [1.165, 1.54) is 23.0 Å². The summed E-state index contributed by atoms with van der Waals surface area (Å²) in [5, 5.41) is 0. The molecule has 1 aliphatic heterocycles. The molecule has 0 aromatic heterocycles. The fourth-order valence-electron chi connectivity index (χ4n) is 4.55. The van der Waals surface area contributed by atoms with Crippen LogP contribution in [0.15, 0.2) is 47.6 Å². The molecule has 4 atom stereocenters. The van der Waals surface area contributed by atoms with Gasteiger partial charge in [0.2, 0.25) is 11.8 Å². The van der Waals surface area contributed by atoms with Crippen LogP contribution in [-0.2, 0) is 9.59 Å². The van der Waals surface area contributed by atoms with Gasteiger partial charge in [-0.2, -0.15) is 0 Å². The van der Waals surface area contributed by atoms with Crippen LogP contribution in [0.4, 0.5) is 5.69 Å². The Morgan fingerprint density at radius 2 is 1.54 bits per heavy atom. The van der Waals surface area contributed by atoms with Crippen molar-refractivity contribution in [2.24, 2.45) is 23.7 Å². The van der Waals surface area contributed by atoms with Crippen molar-refractivity contribution in [1.82, 2.24) is 0 Å². The number of benzene rings is 1. The van der Waals surface area contributed by atoms with Crippen molar-refractivity contribution in [2.75, 3.05) is 4.90 Å². The van der Waals surface area contributed by atoms with Gasteiger partial charge in [-0.25, -0.2) is 4.90 Å². The van der Waals surface area contributed by atoms with Gasteiger partial charge in [-0.3, -0.25) is 14.4 Å². The summed E-state index contributed by atoms with van der Waals surface area (Å²) in [4.78, 5) is 38.9. The molecule has 24 heavy (non-hydrogen) atoms. The summed E-state index contributed by atoms with van der Waals surface area (Å²) in [5.41, 5.74) is 3.46. The largest absolute Gasteiger partial charge is 0.295 e. The molecule has 0 N–H and O–H groups in total. The highest BCUT2D eigenvalue weighted by Gasteiger charge is 2.61. The number of imide groups is 1. The lowest BCUT2D eigenvalue weighted by molar-refractivity contribution is -0.122. The van der Waals surface area contributed by atoms with Gasteiger partial charge in [-0.05, 0) is 32.9 Å². The van der Waals surface area contributed by atoms with Crippen LogP contribution in [0.3, 0.4) is 0 Å². The number of hydrogen-bond acceptors (Lipinski definition) is 3. The van der Waals surface area contributed by atoms with Crippen LogP contribution in [0.5, 0.6) is 0 Å². The Morgan fingerprint density at radius 1 is 0.958 bits per heavy atom. The maximum Gasteiger partial charge on any atom is 0.238 e. The summed E-state index contributed by atoms with van der Waals surface area (Å²) in [6, 6.07) is 6.77. The molecule has 2 fully saturated rings. The number of Topliss-reactive ketones (excluding diaryl/α,β-unsaturated/α-hetero) is 1.